The average molecular weight is 265 g/mol. The second-order valence-corrected chi connectivity index (χ2v) is 5.54. The Morgan fingerprint density at radius 3 is 2.83 bits per heavy atom. The van der Waals surface area contributed by atoms with Gasteiger partial charge in [0, 0.05) is 23.3 Å². The Morgan fingerprint density at radius 2 is 2.11 bits per heavy atom. The van der Waals surface area contributed by atoms with E-state index in [9.17, 15) is 4.79 Å². The monoisotopic (exact) mass is 264 g/mol. The fourth-order valence-corrected chi connectivity index (χ4v) is 2.65. The third-order valence-electron chi connectivity index (χ3n) is 3.57. The molecule has 1 atom stereocenters. The first-order chi connectivity index (χ1) is 8.74. The van der Waals surface area contributed by atoms with Gasteiger partial charge in [0.1, 0.15) is 0 Å². The van der Waals surface area contributed by atoms with Crippen LogP contribution in [0.25, 0.3) is 0 Å². The third-order valence-corrected chi connectivity index (χ3v) is 3.81. The van der Waals surface area contributed by atoms with Crippen molar-refractivity contribution in [3.05, 3.63) is 29.3 Å². The van der Waals surface area contributed by atoms with Gasteiger partial charge < -0.3 is 10.2 Å². The van der Waals surface area contributed by atoms with E-state index in [-0.39, 0.29) is 11.9 Å². The molecule has 0 bridgehead atoms. The van der Waals surface area contributed by atoms with Crippen molar-refractivity contribution in [2.45, 2.75) is 37.8 Å². The van der Waals surface area contributed by atoms with E-state index < -0.39 is 0 Å². The number of amides is 1. The van der Waals surface area contributed by atoms with Crippen molar-refractivity contribution >= 4 is 23.2 Å². The number of rotatable bonds is 3. The minimum atomic E-state index is -0.00904. The Labute approximate surface area is 112 Å². The molecular formula is C14H17ClN2O. The van der Waals surface area contributed by atoms with Gasteiger partial charge in [-0.15, -0.1) is 0 Å². The zero-order valence-electron chi connectivity index (χ0n) is 10.2. The first-order valence-corrected chi connectivity index (χ1v) is 6.95. The van der Waals surface area contributed by atoms with Gasteiger partial charge in [-0.2, -0.15) is 0 Å². The van der Waals surface area contributed by atoms with Gasteiger partial charge >= 0.3 is 0 Å². The number of nitrogens with zero attached hydrogens (tertiary/aromatic N) is 1. The van der Waals surface area contributed by atoms with Crippen LogP contribution < -0.4 is 10.2 Å². The van der Waals surface area contributed by atoms with Crippen molar-refractivity contribution < 1.29 is 4.79 Å². The van der Waals surface area contributed by atoms with Crippen LogP contribution in [0.4, 0.5) is 5.69 Å². The molecule has 1 aromatic carbocycles. The Balaban J connectivity index is 1.76. The van der Waals surface area contributed by atoms with Crippen LogP contribution in [0.2, 0.25) is 5.02 Å². The molecule has 96 valence electrons. The summed E-state index contributed by atoms with van der Waals surface area (Å²) in [6.45, 7) is 0.794. The molecule has 1 aliphatic carbocycles. The quantitative estimate of drug-likeness (QED) is 0.910. The predicted octanol–water partition coefficient (Wildman–Crippen LogP) is 2.59. The Hall–Kier alpha value is -1.06. The highest BCUT2D eigenvalue weighted by Gasteiger charge is 2.33. The van der Waals surface area contributed by atoms with Gasteiger partial charge in [-0.1, -0.05) is 17.7 Å². The van der Waals surface area contributed by atoms with E-state index in [4.69, 9.17) is 11.6 Å². The molecule has 1 aliphatic heterocycles. The molecule has 1 unspecified atom stereocenters. The first-order valence-electron chi connectivity index (χ1n) is 6.57. The zero-order valence-corrected chi connectivity index (χ0v) is 11.0. The lowest BCUT2D eigenvalue weighted by Gasteiger charge is -2.33. The van der Waals surface area contributed by atoms with Crippen molar-refractivity contribution in [1.29, 1.82) is 0 Å². The van der Waals surface area contributed by atoms with Gasteiger partial charge in [-0.05, 0) is 43.9 Å². The Morgan fingerprint density at radius 1 is 1.28 bits per heavy atom. The molecular weight excluding hydrogens is 248 g/mol. The highest BCUT2D eigenvalue weighted by atomic mass is 35.5. The fourth-order valence-electron chi connectivity index (χ4n) is 2.46. The summed E-state index contributed by atoms with van der Waals surface area (Å²) in [6.07, 6.45) is 4.41. The van der Waals surface area contributed by atoms with E-state index in [1.165, 1.54) is 12.8 Å². The number of carbonyl (C=O) groups is 1. The lowest BCUT2D eigenvalue weighted by atomic mass is 10.0. The summed E-state index contributed by atoms with van der Waals surface area (Å²) in [5.41, 5.74) is 0.912. The summed E-state index contributed by atoms with van der Waals surface area (Å²) in [6, 6.07) is 8.09. The van der Waals surface area contributed by atoms with Crippen molar-refractivity contribution in [3.8, 4) is 0 Å². The Bertz CT molecular complexity index is 459. The molecule has 1 N–H and O–H groups in total. The smallest absolute Gasteiger partial charge is 0.244 e. The molecule has 18 heavy (non-hydrogen) atoms. The molecule has 0 radical (unpaired) electrons. The normalized spacial score (nSPS) is 24.4. The highest BCUT2D eigenvalue weighted by Crippen LogP contribution is 2.26. The molecule has 1 saturated heterocycles. The van der Waals surface area contributed by atoms with Crippen LogP contribution in [0.5, 0.6) is 0 Å². The number of nitrogens with one attached hydrogen (secondary N) is 1. The number of anilines is 1. The van der Waals surface area contributed by atoms with E-state index >= 15 is 0 Å². The van der Waals surface area contributed by atoms with Crippen LogP contribution in [0.3, 0.4) is 0 Å². The number of hydrogen-bond acceptors (Lipinski definition) is 2. The number of piperidine rings is 1. The number of benzene rings is 1. The maximum atomic E-state index is 12.4. The van der Waals surface area contributed by atoms with Crippen LogP contribution in [-0.2, 0) is 4.79 Å². The minimum absolute atomic E-state index is 0.00904. The fraction of sp³-hybridized carbons (Fsp3) is 0.500. The van der Waals surface area contributed by atoms with E-state index in [1.807, 2.05) is 29.2 Å². The summed E-state index contributed by atoms with van der Waals surface area (Å²) in [5, 5.41) is 4.11. The topological polar surface area (TPSA) is 32.3 Å². The molecule has 3 rings (SSSR count). The highest BCUT2D eigenvalue weighted by molar-refractivity contribution is 6.30. The summed E-state index contributed by atoms with van der Waals surface area (Å²) in [7, 11) is 0. The predicted molar refractivity (Wildman–Crippen MR) is 73.0 cm³/mol. The number of hydrogen-bond donors (Lipinski definition) is 1. The van der Waals surface area contributed by atoms with Crippen molar-refractivity contribution in [2.24, 2.45) is 0 Å². The van der Waals surface area contributed by atoms with Crippen LogP contribution in [0.15, 0.2) is 24.3 Å². The summed E-state index contributed by atoms with van der Waals surface area (Å²) >= 11 is 5.99. The maximum Gasteiger partial charge on any atom is 0.244 e. The van der Waals surface area contributed by atoms with Crippen LogP contribution in [0.1, 0.15) is 25.7 Å². The average Bonchev–Trinajstić information content (AvgIpc) is 3.16. The lowest BCUT2D eigenvalue weighted by Crippen LogP contribution is -2.51. The molecule has 1 amide bonds. The van der Waals surface area contributed by atoms with E-state index in [0.717, 1.165) is 25.1 Å². The second-order valence-electron chi connectivity index (χ2n) is 5.11. The Kier molecular flexibility index (Phi) is 3.27. The summed E-state index contributed by atoms with van der Waals surface area (Å²) < 4.78 is 0. The third kappa shape index (κ3) is 2.52. The van der Waals surface area contributed by atoms with Crippen LogP contribution in [-0.4, -0.2) is 24.5 Å². The molecule has 2 aliphatic rings. The van der Waals surface area contributed by atoms with Gasteiger partial charge in [0.05, 0.1) is 6.04 Å². The van der Waals surface area contributed by atoms with Crippen molar-refractivity contribution in [1.82, 2.24) is 5.32 Å². The first kappa shape index (κ1) is 12.0. The summed E-state index contributed by atoms with van der Waals surface area (Å²) in [4.78, 5) is 14.3. The second kappa shape index (κ2) is 4.90. The van der Waals surface area contributed by atoms with Gasteiger partial charge in [-0.3, -0.25) is 4.79 Å². The van der Waals surface area contributed by atoms with Crippen molar-refractivity contribution in [3.63, 3.8) is 0 Å². The summed E-state index contributed by atoms with van der Waals surface area (Å²) in [5.74, 6) is 0.190. The number of halogens is 1. The molecule has 4 heteroatoms. The molecule has 2 fully saturated rings. The lowest BCUT2D eigenvalue weighted by molar-refractivity contribution is -0.121. The van der Waals surface area contributed by atoms with Gasteiger partial charge in [0.2, 0.25) is 5.91 Å². The van der Waals surface area contributed by atoms with Crippen LogP contribution in [0, 0.1) is 0 Å². The van der Waals surface area contributed by atoms with E-state index in [2.05, 4.69) is 5.32 Å². The largest absolute Gasteiger partial charge is 0.311 e. The van der Waals surface area contributed by atoms with Gasteiger partial charge in [0.15, 0.2) is 0 Å². The van der Waals surface area contributed by atoms with Crippen LogP contribution >= 0.6 is 11.6 Å². The molecule has 0 aromatic heterocycles. The van der Waals surface area contributed by atoms with Crippen molar-refractivity contribution in [2.75, 3.05) is 11.4 Å². The maximum absolute atomic E-state index is 12.4. The number of carbonyl (C=O) groups excluding carboxylic acids is 1. The standard InChI is InChI=1S/C14H17ClN2O/c15-10-3-1-4-12(9-10)17-8-2-5-13(14(17)18)16-11-6-7-11/h1,3-4,9,11,13,16H,2,5-8H2. The van der Waals surface area contributed by atoms with E-state index in [1.54, 1.807) is 0 Å². The van der Waals surface area contributed by atoms with Gasteiger partial charge in [-0.25, -0.2) is 0 Å². The molecule has 3 nitrogen and oxygen atoms in total. The van der Waals surface area contributed by atoms with E-state index in [0.29, 0.717) is 11.1 Å². The van der Waals surface area contributed by atoms with Gasteiger partial charge in [0.25, 0.3) is 0 Å². The molecule has 1 heterocycles. The molecule has 1 saturated carbocycles. The minimum Gasteiger partial charge on any atom is -0.311 e. The molecule has 0 spiro atoms. The molecule has 1 aromatic rings. The SMILES string of the molecule is O=C1C(NC2CC2)CCCN1c1cccc(Cl)c1. The zero-order chi connectivity index (χ0) is 12.5.